The Labute approximate surface area is 98.3 Å². The molecule has 4 heteroatoms. The first-order valence-corrected chi connectivity index (χ1v) is 5.55. The predicted octanol–water partition coefficient (Wildman–Crippen LogP) is 3.06. The van der Waals surface area contributed by atoms with Gasteiger partial charge in [-0.2, -0.15) is 0 Å². The molecule has 2 unspecified atom stereocenters. The molecule has 92 valence electrons. The molecule has 2 rings (SSSR count). The zero-order valence-corrected chi connectivity index (χ0v) is 9.54. The van der Waals surface area contributed by atoms with E-state index in [-0.39, 0.29) is 24.8 Å². The summed E-state index contributed by atoms with van der Waals surface area (Å²) in [7, 11) is 0. The van der Waals surface area contributed by atoms with Gasteiger partial charge in [0.2, 0.25) is 0 Å². The number of halogens is 2. The number of benzene rings is 1. The lowest BCUT2D eigenvalue weighted by Crippen LogP contribution is -2.35. The number of aliphatic carboxylic acids is 1. The third kappa shape index (κ3) is 1.92. The maximum absolute atomic E-state index is 13.9. The lowest BCUT2D eigenvalue weighted by molar-refractivity contribution is -0.144. The van der Waals surface area contributed by atoms with Crippen molar-refractivity contribution in [2.75, 3.05) is 0 Å². The van der Waals surface area contributed by atoms with E-state index in [1.165, 1.54) is 25.1 Å². The Hall–Kier alpha value is -1.45. The minimum absolute atomic E-state index is 0.0916. The summed E-state index contributed by atoms with van der Waals surface area (Å²) in [5, 5.41) is 9.34. The van der Waals surface area contributed by atoms with Gasteiger partial charge in [-0.1, -0.05) is 18.2 Å². The molecule has 0 bridgehead atoms. The molecule has 0 spiro atoms. The van der Waals surface area contributed by atoms with Crippen molar-refractivity contribution in [3.05, 3.63) is 35.6 Å². The van der Waals surface area contributed by atoms with Crippen molar-refractivity contribution in [3.8, 4) is 0 Å². The fourth-order valence-corrected chi connectivity index (χ4v) is 2.66. The van der Waals surface area contributed by atoms with Gasteiger partial charge in [0.05, 0.1) is 5.41 Å². The van der Waals surface area contributed by atoms with Gasteiger partial charge >= 0.3 is 5.97 Å². The number of rotatable bonds is 2. The van der Waals surface area contributed by atoms with Crippen molar-refractivity contribution in [1.82, 2.24) is 0 Å². The van der Waals surface area contributed by atoms with Gasteiger partial charge in [0.15, 0.2) is 0 Å². The van der Waals surface area contributed by atoms with E-state index in [9.17, 15) is 18.7 Å². The standard InChI is InChI=1S/C13H14F2O2/c1-12(15)6-7-13(8-12,11(16)17)9-4-2-3-5-10(9)14/h2-5H,6-8H2,1H3,(H,16,17). The Balaban J connectivity index is 2.51. The third-order valence-electron chi connectivity index (χ3n) is 3.54. The lowest BCUT2D eigenvalue weighted by Gasteiger charge is -2.26. The Kier molecular flexibility index (Phi) is 2.68. The van der Waals surface area contributed by atoms with Crippen molar-refractivity contribution in [1.29, 1.82) is 0 Å². The van der Waals surface area contributed by atoms with Crippen molar-refractivity contribution in [3.63, 3.8) is 0 Å². The van der Waals surface area contributed by atoms with E-state index < -0.39 is 22.9 Å². The minimum Gasteiger partial charge on any atom is -0.481 e. The highest BCUT2D eigenvalue weighted by Crippen LogP contribution is 2.48. The van der Waals surface area contributed by atoms with E-state index in [0.29, 0.717) is 0 Å². The second-order valence-corrected chi connectivity index (χ2v) is 4.96. The summed E-state index contributed by atoms with van der Waals surface area (Å²) in [5.41, 5.74) is -2.87. The van der Waals surface area contributed by atoms with E-state index in [1.54, 1.807) is 6.07 Å². The van der Waals surface area contributed by atoms with Crippen LogP contribution in [0.4, 0.5) is 8.78 Å². The van der Waals surface area contributed by atoms with Crippen LogP contribution in [0.15, 0.2) is 24.3 Å². The SMILES string of the molecule is CC1(F)CCC(C(=O)O)(c2ccccc2F)C1. The van der Waals surface area contributed by atoms with E-state index in [4.69, 9.17) is 0 Å². The number of alkyl halides is 1. The zero-order valence-electron chi connectivity index (χ0n) is 9.54. The molecule has 1 fully saturated rings. The van der Waals surface area contributed by atoms with Crippen LogP contribution in [0.1, 0.15) is 31.7 Å². The summed E-state index contributed by atoms with van der Waals surface area (Å²) in [4.78, 5) is 11.4. The first-order chi connectivity index (χ1) is 7.87. The first kappa shape index (κ1) is 12.0. The maximum Gasteiger partial charge on any atom is 0.314 e. The summed E-state index contributed by atoms with van der Waals surface area (Å²) < 4.78 is 27.6. The molecule has 1 aliphatic rings. The van der Waals surface area contributed by atoms with Gasteiger partial charge in [-0.25, -0.2) is 8.78 Å². The second-order valence-electron chi connectivity index (χ2n) is 4.96. The molecular weight excluding hydrogens is 226 g/mol. The van der Waals surface area contributed by atoms with E-state index in [2.05, 4.69) is 0 Å². The normalized spacial score (nSPS) is 32.6. The van der Waals surface area contributed by atoms with Crippen LogP contribution in [0.2, 0.25) is 0 Å². The van der Waals surface area contributed by atoms with E-state index >= 15 is 0 Å². The van der Waals surface area contributed by atoms with Crippen LogP contribution in [0, 0.1) is 5.82 Å². The predicted molar refractivity (Wildman–Crippen MR) is 59.1 cm³/mol. The monoisotopic (exact) mass is 240 g/mol. The second kappa shape index (κ2) is 3.79. The fraction of sp³-hybridized carbons (Fsp3) is 0.462. The summed E-state index contributed by atoms with van der Waals surface area (Å²) in [5.74, 6) is -1.73. The highest BCUT2D eigenvalue weighted by molar-refractivity contribution is 5.82. The van der Waals surface area contributed by atoms with Crippen LogP contribution in [-0.4, -0.2) is 16.7 Å². The molecule has 1 aromatic rings. The van der Waals surface area contributed by atoms with Crippen LogP contribution in [-0.2, 0) is 10.2 Å². The number of carbonyl (C=O) groups is 1. The van der Waals surface area contributed by atoms with Gasteiger partial charge in [0, 0.05) is 12.0 Å². The molecular formula is C13H14F2O2. The largest absolute Gasteiger partial charge is 0.481 e. The van der Waals surface area contributed by atoms with Gasteiger partial charge in [0.25, 0.3) is 0 Å². The van der Waals surface area contributed by atoms with Gasteiger partial charge in [-0.3, -0.25) is 4.79 Å². The minimum atomic E-state index is -1.54. The summed E-state index contributed by atoms with van der Waals surface area (Å²) in [6.45, 7) is 1.37. The number of carboxylic acids is 1. The Morgan fingerprint density at radius 1 is 1.35 bits per heavy atom. The molecule has 2 atom stereocenters. The molecule has 17 heavy (non-hydrogen) atoms. The van der Waals surface area contributed by atoms with Gasteiger partial charge in [0.1, 0.15) is 11.5 Å². The van der Waals surface area contributed by atoms with Crippen LogP contribution < -0.4 is 0 Å². The lowest BCUT2D eigenvalue weighted by atomic mass is 9.78. The Morgan fingerprint density at radius 3 is 2.47 bits per heavy atom. The molecule has 2 nitrogen and oxygen atoms in total. The van der Waals surface area contributed by atoms with Crippen LogP contribution in [0.5, 0.6) is 0 Å². The molecule has 0 radical (unpaired) electrons. The zero-order chi connectivity index (χ0) is 12.7. The Bertz CT molecular complexity index is 456. The van der Waals surface area contributed by atoms with E-state index in [0.717, 1.165) is 0 Å². The molecule has 1 saturated carbocycles. The summed E-state index contributed by atoms with van der Waals surface area (Å²) >= 11 is 0. The highest BCUT2D eigenvalue weighted by atomic mass is 19.1. The quantitative estimate of drug-likeness (QED) is 0.862. The maximum atomic E-state index is 13.9. The molecule has 1 aromatic carbocycles. The highest BCUT2D eigenvalue weighted by Gasteiger charge is 2.53. The molecule has 1 N–H and O–H groups in total. The van der Waals surface area contributed by atoms with Crippen LogP contribution in [0.3, 0.4) is 0 Å². The third-order valence-corrected chi connectivity index (χ3v) is 3.54. The average Bonchev–Trinajstić information content (AvgIpc) is 2.56. The van der Waals surface area contributed by atoms with Crippen LogP contribution >= 0.6 is 0 Å². The van der Waals surface area contributed by atoms with Gasteiger partial charge < -0.3 is 5.11 Å². The average molecular weight is 240 g/mol. The Morgan fingerprint density at radius 2 is 2.00 bits per heavy atom. The molecule has 0 aliphatic heterocycles. The number of carboxylic acid groups (broad SMARTS) is 1. The molecule has 0 aromatic heterocycles. The van der Waals surface area contributed by atoms with E-state index in [1.807, 2.05) is 0 Å². The molecule has 1 aliphatic carbocycles. The van der Waals surface area contributed by atoms with Crippen LogP contribution in [0.25, 0.3) is 0 Å². The van der Waals surface area contributed by atoms with Gasteiger partial charge in [-0.05, 0) is 25.8 Å². The molecule has 0 heterocycles. The number of hydrogen-bond donors (Lipinski definition) is 1. The molecule has 0 amide bonds. The summed E-state index contributed by atoms with van der Waals surface area (Å²) in [6.07, 6.45) is 0.111. The fourth-order valence-electron chi connectivity index (χ4n) is 2.66. The number of hydrogen-bond acceptors (Lipinski definition) is 1. The van der Waals surface area contributed by atoms with Crippen molar-refractivity contribution >= 4 is 5.97 Å². The first-order valence-electron chi connectivity index (χ1n) is 5.55. The van der Waals surface area contributed by atoms with Crippen molar-refractivity contribution in [2.45, 2.75) is 37.3 Å². The topological polar surface area (TPSA) is 37.3 Å². The van der Waals surface area contributed by atoms with Crippen molar-refractivity contribution in [2.24, 2.45) is 0 Å². The summed E-state index contributed by atoms with van der Waals surface area (Å²) in [6, 6.07) is 5.73. The van der Waals surface area contributed by atoms with Crippen molar-refractivity contribution < 1.29 is 18.7 Å². The smallest absolute Gasteiger partial charge is 0.314 e. The molecule has 0 saturated heterocycles. The van der Waals surface area contributed by atoms with Gasteiger partial charge in [-0.15, -0.1) is 0 Å².